The molecule has 0 spiro atoms. The number of rotatable bonds is 1. The summed E-state index contributed by atoms with van der Waals surface area (Å²) in [4.78, 5) is 0. The van der Waals surface area contributed by atoms with Crippen molar-refractivity contribution in [2.24, 2.45) is 0 Å². The van der Waals surface area contributed by atoms with Gasteiger partial charge in [-0.25, -0.2) is 0 Å². The Kier molecular flexibility index (Phi) is 3.08. The highest BCUT2D eigenvalue weighted by Crippen LogP contribution is 2.41. The Bertz CT molecular complexity index is 566. The first-order valence-electron chi connectivity index (χ1n) is 6.53. The van der Waals surface area contributed by atoms with Gasteiger partial charge in [-0.2, -0.15) is 11.8 Å². The quantitative estimate of drug-likeness (QED) is 0.836. The van der Waals surface area contributed by atoms with Crippen LogP contribution in [-0.2, 0) is 5.60 Å². The molecule has 1 fully saturated rings. The fraction of sp³-hybridized carbons (Fsp3) is 0.375. The number of benzene rings is 2. The van der Waals surface area contributed by atoms with Gasteiger partial charge in [-0.05, 0) is 41.0 Å². The van der Waals surface area contributed by atoms with Crippen LogP contribution in [0.4, 0.5) is 0 Å². The Balaban J connectivity index is 2.07. The fourth-order valence-corrected chi connectivity index (χ4v) is 3.97. The molecule has 2 aromatic rings. The number of aliphatic hydroxyl groups is 1. The maximum atomic E-state index is 10.9. The van der Waals surface area contributed by atoms with Gasteiger partial charge in [0.1, 0.15) is 5.60 Å². The van der Waals surface area contributed by atoms with Gasteiger partial charge in [0.05, 0.1) is 0 Å². The Hall–Kier alpha value is -0.990. The molecule has 94 valence electrons. The highest BCUT2D eigenvalue weighted by molar-refractivity contribution is 8.00. The summed E-state index contributed by atoms with van der Waals surface area (Å²) in [5.74, 6) is 1.16. The Morgan fingerprint density at radius 1 is 1.17 bits per heavy atom. The molecule has 1 heterocycles. The molecule has 0 aliphatic carbocycles. The first-order chi connectivity index (χ1) is 8.70. The van der Waals surface area contributed by atoms with Gasteiger partial charge in [0.2, 0.25) is 0 Å². The van der Waals surface area contributed by atoms with Crippen LogP contribution in [-0.4, -0.2) is 16.1 Å². The highest BCUT2D eigenvalue weighted by Gasteiger charge is 2.38. The first-order valence-corrected chi connectivity index (χ1v) is 7.58. The minimum Gasteiger partial charge on any atom is -0.384 e. The van der Waals surface area contributed by atoms with Crippen LogP contribution in [0.1, 0.15) is 25.3 Å². The number of hydrogen-bond donors (Lipinski definition) is 1. The maximum Gasteiger partial charge on any atom is 0.101 e. The van der Waals surface area contributed by atoms with E-state index in [1.54, 1.807) is 0 Å². The minimum absolute atomic E-state index is 0.271. The summed E-state index contributed by atoms with van der Waals surface area (Å²) in [5, 5.41) is 13.7. The summed E-state index contributed by atoms with van der Waals surface area (Å²) >= 11 is 1.88. The Labute approximate surface area is 112 Å². The fourth-order valence-electron chi connectivity index (χ4n) is 2.78. The SMILES string of the molecule is CC1SCCCC1(O)c1ccc2ccccc2c1. The zero-order chi connectivity index (χ0) is 12.6. The van der Waals surface area contributed by atoms with E-state index in [-0.39, 0.29) is 5.25 Å². The minimum atomic E-state index is -0.660. The van der Waals surface area contributed by atoms with Gasteiger partial charge >= 0.3 is 0 Å². The van der Waals surface area contributed by atoms with Gasteiger partial charge in [0.25, 0.3) is 0 Å². The second-order valence-corrected chi connectivity index (χ2v) is 6.55. The van der Waals surface area contributed by atoms with E-state index in [0.717, 1.165) is 24.2 Å². The molecule has 0 aromatic heterocycles. The molecule has 3 rings (SSSR count). The van der Waals surface area contributed by atoms with E-state index in [4.69, 9.17) is 0 Å². The third-order valence-electron chi connectivity index (χ3n) is 3.99. The predicted molar refractivity (Wildman–Crippen MR) is 79.0 cm³/mol. The van der Waals surface area contributed by atoms with Crippen LogP contribution in [0.25, 0.3) is 10.8 Å². The lowest BCUT2D eigenvalue weighted by molar-refractivity contribution is 0.0255. The summed E-state index contributed by atoms with van der Waals surface area (Å²) in [6, 6.07) is 14.7. The van der Waals surface area contributed by atoms with Gasteiger partial charge in [0, 0.05) is 5.25 Å². The lowest BCUT2D eigenvalue weighted by Crippen LogP contribution is -2.38. The molecule has 1 nitrogen and oxygen atoms in total. The van der Waals surface area contributed by atoms with Crippen molar-refractivity contribution < 1.29 is 5.11 Å². The molecule has 2 heteroatoms. The number of hydrogen-bond acceptors (Lipinski definition) is 2. The lowest BCUT2D eigenvalue weighted by atomic mass is 9.85. The molecule has 18 heavy (non-hydrogen) atoms. The van der Waals surface area contributed by atoms with Crippen LogP contribution in [0.3, 0.4) is 0 Å². The summed E-state index contributed by atoms with van der Waals surface area (Å²) in [5.41, 5.74) is 0.411. The van der Waals surface area contributed by atoms with Gasteiger partial charge in [-0.1, -0.05) is 43.3 Å². The van der Waals surface area contributed by atoms with Crippen molar-refractivity contribution in [3.8, 4) is 0 Å². The molecule has 2 unspecified atom stereocenters. The van der Waals surface area contributed by atoms with Gasteiger partial charge in [0.15, 0.2) is 0 Å². The molecular weight excluding hydrogens is 240 g/mol. The van der Waals surface area contributed by atoms with Crippen molar-refractivity contribution >= 4 is 22.5 Å². The van der Waals surface area contributed by atoms with Crippen molar-refractivity contribution in [3.05, 3.63) is 48.0 Å². The van der Waals surface area contributed by atoms with E-state index in [2.05, 4.69) is 49.4 Å². The molecule has 2 aromatic carbocycles. The van der Waals surface area contributed by atoms with Gasteiger partial charge < -0.3 is 5.11 Å². The standard InChI is InChI=1S/C16H18OS/c1-12-16(17,9-4-10-18-12)15-8-7-13-5-2-3-6-14(13)11-15/h2-3,5-8,11-12,17H,4,9-10H2,1H3. The summed E-state index contributed by atoms with van der Waals surface area (Å²) in [7, 11) is 0. The summed E-state index contributed by atoms with van der Waals surface area (Å²) < 4.78 is 0. The van der Waals surface area contributed by atoms with Crippen LogP contribution in [0.2, 0.25) is 0 Å². The number of fused-ring (bicyclic) bond motifs is 1. The van der Waals surface area contributed by atoms with Crippen molar-refractivity contribution in [1.82, 2.24) is 0 Å². The van der Waals surface area contributed by atoms with E-state index in [1.807, 2.05) is 11.8 Å². The summed E-state index contributed by atoms with van der Waals surface area (Å²) in [6.07, 6.45) is 1.97. The molecule has 1 aliphatic heterocycles. The molecule has 2 atom stereocenters. The molecule has 0 amide bonds. The maximum absolute atomic E-state index is 10.9. The summed E-state index contributed by atoms with van der Waals surface area (Å²) in [6.45, 7) is 2.14. The predicted octanol–water partition coefficient (Wildman–Crippen LogP) is 3.94. The van der Waals surface area contributed by atoms with E-state index < -0.39 is 5.60 Å². The zero-order valence-corrected chi connectivity index (χ0v) is 11.4. The molecule has 0 saturated carbocycles. The molecule has 1 saturated heterocycles. The molecular formula is C16H18OS. The van der Waals surface area contributed by atoms with Crippen LogP contribution >= 0.6 is 11.8 Å². The zero-order valence-electron chi connectivity index (χ0n) is 10.6. The molecule has 0 radical (unpaired) electrons. The van der Waals surface area contributed by atoms with Crippen molar-refractivity contribution in [2.45, 2.75) is 30.6 Å². The molecule has 0 bridgehead atoms. The third kappa shape index (κ3) is 1.94. The second-order valence-electron chi connectivity index (χ2n) is 5.10. The van der Waals surface area contributed by atoms with E-state index in [1.165, 1.54) is 10.8 Å². The topological polar surface area (TPSA) is 20.2 Å². The van der Waals surface area contributed by atoms with Crippen molar-refractivity contribution in [2.75, 3.05) is 5.75 Å². The lowest BCUT2D eigenvalue weighted by Gasteiger charge is -2.38. The smallest absolute Gasteiger partial charge is 0.101 e. The van der Waals surface area contributed by atoms with Crippen molar-refractivity contribution in [3.63, 3.8) is 0 Å². The molecule has 1 aliphatic rings. The first kappa shape index (κ1) is 12.1. The van der Waals surface area contributed by atoms with E-state index in [9.17, 15) is 5.11 Å². The normalized spacial score (nSPS) is 28.4. The van der Waals surface area contributed by atoms with Crippen molar-refractivity contribution in [1.29, 1.82) is 0 Å². The van der Waals surface area contributed by atoms with Crippen LogP contribution in [0.15, 0.2) is 42.5 Å². The van der Waals surface area contributed by atoms with Gasteiger partial charge in [-0.3, -0.25) is 0 Å². The largest absolute Gasteiger partial charge is 0.384 e. The van der Waals surface area contributed by atoms with Crippen LogP contribution in [0.5, 0.6) is 0 Å². The number of thioether (sulfide) groups is 1. The van der Waals surface area contributed by atoms with Gasteiger partial charge in [-0.15, -0.1) is 0 Å². The Morgan fingerprint density at radius 3 is 2.72 bits per heavy atom. The average molecular weight is 258 g/mol. The average Bonchev–Trinajstić information content (AvgIpc) is 2.42. The van der Waals surface area contributed by atoms with Crippen LogP contribution in [0, 0.1) is 0 Å². The second kappa shape index (κ2) is 4.60. The molecule has 1 N–H and O–H groups in total. The van der Waals surface area contributed by atoms with E-state index in [0.29, 0.717) is 0 Å². The third-order valence-corrected chi connectivity index (χ3v) is 5.41. The van der Waals surface area contributed by atoms with E-state index >= 15 is 0 Å². The monoisotopic (exact) mass is 258 g/mol. The Morgan fingerprint density at radius 2 is 1.94 bits per heavy atom. The highest BCUT2D eigenvalue weighted by atomic mass is 32.2. The van der Waals surface area contributed by atoms with Crippen LogP contribution < -0.4 is 0 Å².